The maximum atomic E-state index is 12.7. The smallest absolute Gasteiger partial charge is 0.471 e. The van der Waals surface area contributed by atoms with E-state index in [2.05, 4.69) is 6.58 Å². The van der Waals surface area contributed by atoms with Crippen molar-refractivity contribution in [3.63, 3.8) is 0 Å². The molecule has 1 aromatic rings. The molecule has 2 rings (SSSR count). The summed E-state index contributed by atoms with van der Waals surface area (Å²) in [5.74, 6) is -1.19. The number of fused-ring (bicyclic) bond motifs is 1. The summed E-state index contributed by atoms with van der Waals surface area (Å²) in [4.78, 5) is 12.4. The molecular weight excluding hydrogens is 283 g/mol. The third-order valence-corrected chi connectivity index (χ3v) is 3.61. The minimum Gasteiger partial charge on any atom is -0.497 e. The zero-order valence-electron chi connectivity index (χ0n) is 11.8. The highest BCUT2D eigenvalue weighted by molar-refractivity contribution is 5.85. The number of methoxy groups -OCH3 is 1. The van der Waals surface area contributed by atoms with E-state index in [1.165, 1.54) is 7.11 Å². The molecule has 3 nitrogen and oxygen atoms in total. The van der Waals surface area contributed by atoms with Gasteiger partial charge >= 0.3 is 12.1 Å². The van der Waals surface area contributed by atoms with Gasteiger partial charge in [0, 0.05) is 12.6 Å². The molecule has 0 N–H and O–H groups in total. The molecule has 0 aliphatic carbocycles. The van der Waals surface area contributed by atoms with Gasteiger partial charge in [-0.3, -0.25) is 4.79 Å². The Kier molecular flexibility index (Phi) is 3.98. The summed E-state index contributed by atoms with van der Waals surface area (Å²) in [6, 6.07) is 4.71. The minimum absolute atomic E-state index is 0.126. The first-order chi connectivity index (χ1) is 9.74. The van der Waals surface area contributed by atoms with Crippen LogP contribution in [0.2, 0.25) is 0 Å². The number of nitrogens with zero attached hydrogens (tertiary/aromatic N) is 1. The van der Waals surface area contributed by atoms with Crippen molar-refractivity contribution in [3.05, 3.63) is 35.9 Å². The minimum atomic E-state index is -4.87. The molecule has 0 radical (unpaired) electrons. The van der Waals surface area contributed by atoms with Crippen LogP contribution in [0.4, 0.5) is 13.2 Å². The average molecular weight is 299 g/mol. The van der Waals surface area contributed by atoms with Crippen molar-refractivity contribution in [1.29, 1.82) is 0 Å². The van der Waals surface area contributed by atoms with Crippen LogP contribution in [-0.2, 0) is 11.2 Å². The standard InChI is InChI=1S/C15H16F3NO2/c1-9-8-19(14(20)15(16,17)18)10(2)6-11-7-12(21-3)4-5-13(9)11/h4-5,7,10H,1,6,8H2,2-3H3. The number of hydrogen-bond acceptors (Lipinski definition) is 2. The van der Waals surface area contributed by atoms with E-state index in [0.717, 1.165) is 16.0 Å². The van der Waals surface area contributed by atoms with Crippen LogP contribution in [0.15, 0.2) is 24.8 Å². The molecule has 0 bridgehead atoms. The van der Waals surface area contributed by atoms with E-state index in [9.17, 15) is 18.0 Å². The molecule has 21 heavy (non-hydrogen) atoms. The second-order valence-corrected chi connectivity index (χ2v) is 5.11. The van der Waals surface area contributed by atoms with Crippen molar-refractivity contribution in [2.45, 2.75) is 25.6 Å². The molecule has 114 valence electrons. The molecule has 0 aromatic heterocycles. The molecule has 0 saturated carbocycles. The highest BCUT2D eigenvalue weighted by Gasteiger charge is 2.44. The Morgan fingerprint density at radius 3 is 2.67 bits per heavy atom. The lowest BCUT2D eigenvalue weighted by atomic mass is 9.98. The van der Waals surface area contributed by atoms with E-state index in [1.54, 1.807) is 25.1 Å². The van der Waals surface area contributed by atoms with Gasteiger partial charge < -0.3 is 9.64 Å². The van der Waals surface area contributed by atoms with Crippen LogP contribution in [0.5, 0.6) is 5.75 Å². The van der Waals surface area contributed by atoms with E-state index in [4.69, 9.17) is 4.74 Å². The highest BCUT2D eigenvalue weighted by Crippen LogP contribution is 2.31. The van der Waals surface area contributed by atoms with Gasteiger partial charge in [0.25, 0.3) is 0 Å². The normalized spacial score (nSPS) is 19.0. The molecule has 1 aliphatic heterocycles. The van der Waals surface area contributed by atoms with E-state index >= 15 is 0 Å². The summed E-state index contributed by atoms with van der Waals surface area (Å²) < 4.78 is 43.2. The van der Waals surface area contributed by atoms with Gasteiger partial charge in [-0.1, -0.05) is 12.6 Å². The zero-order valence-corrected chi connectivity index (χ0v) is 11.8. The van der Waals surface area contributed by atoms with Crippen molar-refractivity contribution in [3.8, 4) is 5.75 Å². The van der Waals surface area contributed by atoms with Gasteiger partial charge in [0.15, 0.2) is 0 Å². The van der Waals surface area contributed by atoms with Gasteiger partial charge in [-0.2, -0.15) is 13.2 Å². The van der Waals surface area contributed by atoms with E-state index in [1.807, 2.05) is 0 Å². The third kappa shape index (κ3) is 3.04. The maximum Gasteiger partial charge on any atom is 0.471 e. The van der Waals surface area contributed by atoms with Crippen LogP contribution in [-0.4, -0.2) is 36.7 Å². The monoisotopic (exact) mass is 299 g/mol. The first kappa shape index (κ1) is 15.4. The lowest BCUT2D eigenvalue weighted by Crippen LogP contribution is -2.46. The lowest BCUT2D eigenvalue weighted by Gasteiger charge is -2.28. The summed E-state index contributed by atoms with van der Waals surface area (Å²) in [6.45, 7) is 5.29. The van der Waals surface area contributed by atoms with Crippen molar-refractivity contribution in [2.24, 2.45) is 0 Å². The van der Waals surface area contributed by atoms with Gasteiger partial charge in [0.2, 0.25) is 0 Å². The number of hydrogen-bond donors (Lipinski definition) is 0. The predicted molar refractivity (Wildman–Crippen MR) is 73.0 cm³/mol. The number of alkyl halides is 3. The molecule has 1 heterocycles. The van der Waals surface area contributed by atoms with Crippen LogP contribution in [0.25, 0.3) is 5.57 Å². The Balaban J connectivity index is 2.37. The Morgan fingerprint density at radius 2 is 2.10 bits per heavy atom. The molecule has 1 atom stereocenters. The Bertz CT molecular complexity index is 581. The van der Waals surface area contributed by atoms with Crippen molar-refractivity contribution >= 4 is 11.5 Å². The molecule has 1 amide bonds. The fourth-order valence-electron chi connectivity index (χ4n) is 2.52. The summed E-state index contributed by atoms with van der Waals surface area (Å²) in [5.41, 5.74) is 2.11. The van der Waals surface area contributed by atoms with Gasteiger partial charge in [0.05, 0.1) is 7.11 Å². The van der Waals surface area contributed by atoms with Gasteiger partial charge in [-0.15, -0.1) is 0 Å². The average Bonchev–Trinajstić information content (AvgIpc) is 2.53. The number of carbonyl (C=O) groups is 1. The van der Waals surface area contributed by atoms with E-state index in [-0.39, 0.29) is 6.54 Å². The number of halogens is 3. The summed E-state index contributed by atoms with van der Waals surface area (Å²) in [5, 5.41) is 0. The summed E-state index contributed by atoms with van der Waals surface area (Å²) in [6.07, 6.45) is -4.55. The molecule has 0 fully saturated rings. The number of ether oxygens (including phenoxy) is 1. The zero-order chi connectivity index (χ0) is 15.8. The number of benzene rings is 1. The number of amides is 1. The molecule has 1 aliphatic rings. The summed E-state index contributed by atoms with van der Waals surface area (Å²) in [7, 11) is 1.52. The second-order valence-electron chi connectivity index (χ2n) is 5.11. The van der Waals surface area contributed by atoms with E-state index < -0.39 is 18.1 Å². The lowest BCUT2D eigenvalue weighted by molar-refractivity contribution is -0.186. The van der Waals surface area contributed by atoms with Gasteiger partial charge in [-0.25, -0.2) is 0 Å². The number of rotatable bonds is 1. The molecule has 0 saturated heterocycles. The molecule has 0 spiro atoms. The topological polar surface area (TPSA) is 29.5 Å². The molecule has 1 unspecified atom stereocenters. The van der Waals surface area contributed by atoms with Crippen molar-refractivity contribution in [1.82, 2.24) is 4.90 Å². The van der Waals surface area contributed by atoms with E-state index in [0.29, 0.717) is 17.7 Å². The van der Waals surface area contributed by atoms with Crippen molar-refractivity contribution < 1.29 is 22.7 Å². The quantitative estimate of drug-likeness (QED) is 0.797. The van der Waals surface area contributed by atoms with Crippen LogP contribution >= 0.6 is 0 Å². The molecular formula is C15H16F3NO2. The fourth-order valence-corrected chi connectivity index (χ4v) is 2.52. The fraction of sp³-hybridized carbons (Fsp3) is 0.400. The number of carbonyl (C=O) groups excluding carboxylic acids is 1. The predicted octanol–water partition coefficient (Wildman–Crippen LogP) is 3.04. The Labute approximate surface area is 121 Å². The molecule has 1 aromatic carbocycles. The van der Waals surface area contributed by atoms with Crippen LogP contribution < -0.4 is 4.74 Å². The third-order valence-electron chi connectivity index (χ3n) is 3.61. The first-order valence-electron chi connectivity index (χ1n) is 6.47. The first-order valence-corrected chi connectivity index (χ1v) is 6.47. The maximum absolute atomic E-state index is 12.7. The largest absolute Gasteiger partial charge is 0.497 e. The SMILES string of the molecule is C=C1CN(C(=O)C(F)(F)F)C(C)Cc2cc(OC)ccc21. The Hall–Kier alpha value is -1.98. The molecule has 6 heteroatoms. The highest BCUT2D eigenvalue weighted by atomic mass is 19.4. The van der Waals surface area contributed by atoms with Gasteiger partial charge in [-0.05, 0) is 42.2 Å². The second kappa shape index (κ2) is 5.42. The van der Waals surface area contributed by atoms with Crippen molar-refractivity contribution in [2.75, 3.05) is 13.7 Å². The van der Waals surface area contributed by atoms with Gasteiger partial charge in [0.1, 0.15) is 5.75 Å². The summed E-state index contributed by atoms with van der Waals surface area (Å²) >= 11 is 0. The Morgan fingerprint density at radius 1 is 1.43 bits per heavy atom. The van der Waals surface area contributed by atoms with Crippen LogP contribution in [0.3, 0.4) is 0 Å². The van der Waals surface area contributed by atoms with Crippen LogP contribution in [0, 0.1) is 0 Å². The van der Waals surface area contributed by atoms with Crippen LogP contribution in [0.1, 0.15) is 18.1 Å².